The number of carboxylic acids is 1. The van der Waals surface area contributed by atoms with Crippen molar-refractivity contribution in [3.63, 3.8) is 0 Å². The van der Waals surface area contributed by atoms with E-state index in [2.05, 4.69) is 13.0 Å². The highest BCUT2D eigenvalue weighted by Gasteiger charge is 2.44. The van der Waals surface area contributed by atoms with Crippen LogP contribution in [-0.2, 0) is 4.79 Å². The topological polar surface area (TPSA) is 57.5 Å². The van der Waals surface area contributed by atoms with Crippen LogP contribution in [0.5, 0.6) is 0 Å². The molecule has 0 bridgehead atoms. The van der Waals surface area contributed by atoms with Gasteiger partial charge in [-0.3, -0.25) is 0 Å². The maximum Gasteiger partial charge on any atom is 0.331 e. The van der Waals surface area contributed by atoms with E-state index in [1.54, 1.807) is 0 Å². The Kier molecular flexibility index (Phi) is 3.14. The van der Waals surface area contributed by atoms with Crippen LogP contribution in [0, 0.1) is 11.3 Å². The minimum absolute atomic E-state index is 0.0759. The molecule has 0 aliphatic heterocycles. The lowest BCUT2D eigenvalue weighted by atomic mass is 9.71. The monoisotopic (exact) mass is 250 g/mol. The highest BCUT2D eigenvalue weighted by molar-refractivity contribution is 5.86. The molecule has 0 amide bonds. The number of fused-ring (bicyclic) bond motifs is 1. The Morgan fingerprint density at radius 1 is 1.39 bits per heavy atom. The SMILES string of the molecule is CC(C)(O)C1=CC[C@@]2(C)CC=C(C(=O)O)CC[C@@H]12. The first-order chi connectivity index (χ1) is 8.24. The van der Waals surface area contributed by atoms with E-state index in [0.29, 0.717) is 17.9 Å². The molecule has 0 spiro atoms. The van der Waals surface area contributed by atoms with E-state index >= 15 is 0 Å². The second-order valence-electron chi connectivity index (χ2n) is 6.41. The fraction of sp³-hybridized carbons (Fsp3) is 0.667. The quantitative estimate of drug-likeness (QED) is 0.741. The zero-order chi connectivity index (χ0) is 13.6. The summed E-state index contributed by atoms with van der Waals surface area (Å²) < 4.78 is 0. The van der Waals surface area contributed by atoms with Gasteiger partial charge in [0.15, 0.2) is 0 Å². The van der Waals surface area contributed by atoms with Crippen molar-refractivity contribution < 1.29 is 15.0 Å². The molecule has 0 aromatic heterocycles. The smallest absolute Gasteiger partial charge is 0.331 e. The molecule has 0 saturated carbocycles. The zero-order valence-electron chi connectivity index (χ0n) is 11.4. The highest BCUT2D eigenvalue weighted by Crippen LogP contribution is 2.52. The van der Waals surface area contributed by atoms with Crippen molar-refractivity contribution in [2.24, 2.45) is 11.3 Å². The number of hydrogen-bond acceptors (Lipinski definition) is 2. The second kappa shape index (κ2) is 4.23. The Bertz CT molecular complexity index is 426. The van der Waals surface area contributed by atoms with Gasteiger partial charge in [0, 0.05) is 5.57 Å². The molecule has 100 valence electrons. The van der Waals surface area contributed by atoms with Crippen molar-refractivity contribution in [2.75, 3.05) is 0 Å². The fourth-order valence-corrected chi connectivity index (χ4v) is 3.36. The lowest BCUT2D eigenvalue weighted by Crippen LogP contribution is -2.31. The number of carboxylic acid groups (broad SMARTS) is 1. The van der Waals surface area contributed by atoms with E-state index in [9.17, 15) is 9.90 Å². The van der Waals surface area contributed by atoms with Gasteiger partial charge in [0.2, 0.25) is 0 Å². The summed E-state index contributed by atoms with van der Waals surface area (Å²) in [5.41, 5.74) is 0.897. The van der Waals surface area contributed by atoms with E-state index in [1.807, 2.05) is 19.9 Å². The van der Waals surface area contributed by atoms with Crippen molar-refractivity contribution in [1.82, 2.24) is 0 Å². The maximum atomic E-state index is 11.1. The predicted octanol–water partition coefficient (Wildman–Crippen LogP) is 2.90. The number of aliphatic carboxylic acids is 1. The second-order valence-corrected chi connectivity index (χ2v) is 6.41. The largest absolute Gasteiger partial charge is 0.478 e. The van der Waals surface area contributed by atoms with Crippen molar-refractivity contribution in [3.8, 4) is 0 Å². The van der Waals surface area contributed by atoms with Crippen LogP contribution in [-0.4, -0.2) is 21.8 Å². The van der Waals surface area contributed by atoms with Gasteiger partial charge in [0.05, 0.1) is 5.60 Å². The third-order valence-corrected chi connectivity index (χ3v) is 4.50. The van der Waals surface area contributed by atoms with Crippen LogP contribution in [0.15, 0.2) is 23.3 Å². The zero-order valence-corrected chi connectivity index (χ0v) is 11.4. The first-order valence-corrected chi connectivity index (χ1v) is 6.59. The highest BCUT2D eigenvalue weighted by atomic mass is 16.4. The van der Waals surface area contributed by atoms with Crippen LogP contribution in [0.3, 0.4) is 0 Å². The first kappa shape index (κ1) is 13.3. The molecule has 0 radical (unpaired) electrons. The van der Waals surface area contributed by atoms with Gasteiger partial charge in [0.25, 0.3) is 0 Å². The average Bonchev–Trinajstić information content (AvgIpc) is 2.46. The van der Waals surface area contributed by atoms with Crippen LogP contribution in [0.4, 0.5) is 0 Å². The Morgan fingerprint density at radius 3 is 2.56 bits per heavy atom. The van der Waals surface area contributed by atoms with Gasteiger partial charge >= 0.3 is 5.97 Å². The molecule has 18 heavy (non-hydrogen) atoms. The van der Waals surface area contributed by atoms with Crippen molar-refractivity contribution in [1.29, 1.82) is 0 Å². The summed E-state index contributed by atoms with van der Waals surface area (Å²) in [7, 11) is 0. The Morgan fingerprint density at radius 2 is 2.00 bits per heavy atom. The van der Waals surface area contributed by atoms with E-state index in [0.717, 1.165) is 24.8 Å². The van der Waals surface area contributed by atoms with Crippen LogP contribution in [0.25, 0.3) is 0 Å². The van der Waals surface area contributed by atoms with Crippen LogP contribution < -0.4 is 0 Å². The molecule has 0 saturated heterocycles. The van der Waals surface area contributed by atoms with Crippen molar-refractivity contribution in [3.05, 3.63) is 23.3 Å². The van der Waals surface area contributed by atoms with Crippen LogP contribution in [0.2, 0.25) is 0 Å². The average molecular weight is 250 g/mol. The molecule has 3 nitrogen and oxygen atoms in total. The normalized spacial score (nSPS) is 32.3. The molecule has 0 unspecified atom stereocenters. The van der Waals surface area contributed by atoms with E-state index in [4.69, 9.17) is 5.11 Å². The summed E-state index contributed by atoms with van der Waals surface area (Å²) in [4.78, 5) is 11.1. The van der Waals surface area contributed by atoms with Gasteiger partial charge in [-0.1, -0.05) is 19.1 Å². The number of allylic oxidation sites excluding steroid dienone is 2. The summed E-state index contributed by atoms with van der Waals surface area (Å²) in [6.07, 6.45) is 7.18. The molecule has 2 rings (SSSR count). The molecule has 2 N–H and O–H groups in total. The molecule has 3 heteroatoms. The molecule has 2 aliphatic carbocycles. The van der Waals surface area contributed by atoms with Gasteiger partial charge in [0.1, 0.15) is 0 Å². The first-order valence-electron chi connectivity index (χ1n) is 6.59. The van der Waals surface area contributed by atoms with Crippen molar-refractivity contribution >= 4 is 5.97 Å². The number of hydrogen-bond donors (Lipinski definition) is 2. The van der Waals surface area contributed by atoms with Crippen LogP contribution >= 0.6 is 0 Å². The number of rotatable bonds is 2. The lowest BCUT2D eigenvalue weighted by Gasteiger charge is -2.35. The molecule has 0 heterocycles. The summed E-state index contributed by atoms with van der Waals surface area (Å²) in [5, 5.41) is 19.3. The lowest BCUT2D eigenvalue weighted by molar-refractivity contribution is -0.132. The summed E-state index contributed by atoms with van der Waals surface area (Å²) in [6.45, 7) is 5.84. The standard InChI is InChI=1S/C15H22O3/c1-14(2,18)11-7-9-15(3)8-6-10(13(16)17)4-5-12(11)15/h6-7,12,18H,4-5,8-9H2,1-3H3,(H,16,17)/t12-,15+/m0/s1. The Hall–Kier alpha value is -1.09. The maximum absolute atomic E-state index is 11.1. The molecular weight excluding hydrogens is 228 g/mol. The number of aliphatic hydroxyl groups is 1. The molecule has 0 aromatic rings. The van der Waals surface area contributed by atoms with Crippen LogP contribution in [0.1, 0.15) is 46.5 Å². The third-order valence-electron chi connectivity index (χ3n) is 4.50. The molecule has 0 fully saturated rings. The summed E-state index contributed by atoms with van der Waals surface area (Å²) in [6, 6.07) is 0. The van der Waals surface area contributed by atoms with E-state index in [1.165, 1.54) is 0 Å². The third kappa shape index (κ3) is 2.24. The fourth-order valence-electron chi connectivity index (χ4n) is 3.36. The number of carbonyl (C=O) groups is 1. The molecule has 0 aromatic carbocycles. The minimum Gasteiger partial charge on any atom is -0.478 e. The van der Waals surface area contributed by atoms with Gasteiger partial charge in [-0.15, -0.1) is 0 Å². The molecule has 2 atom stereocenters. The minimum atomic E-state index is -0.799. The van der Waals surface area contributed by atoms with E-state index in [-0.39, 0.29) is 5.41 Å². The van der Waals surface area contributed by atoms with E-state index < -0.39 is 11.6 Å². The Labute approximate surface area is 108 Å². The predicted molar refractivity (Wildman–Crippen MR) is 70.2 cm³/mol. The summed E-state index contributed by atoms with van der Waals surface area (Å²) >= 11 is 0. The molecule has 2 aliphatic rings. The van der Waals surface area contributed by atoms with Gasteiger partial charge < -0.3 is 10.2 Å². The Balaban J connectivity index is 2.25. The van der Waals surface area contributed by atoms with Gasteiger partial charge in [-0.05, 0) is 56.4 Å². The summed E-state index contributed by atoms with van der Waals surface area (Å²) in [5.74, 6) is -0.502. The van der Waals surface area contributed by atoms with Gasteiger partial charge in [-0.25, -0.2) is 4.79 Å². The van der Waals surface area contributed by atoms with Crippen molar-refractivity contribution in [2.45, 2.75) is 52.1 Å². The van der Waals surface area contributed by atoms with Gasteiger partial charge in [-0.2, -0.15) is 0 Å². The molecular formula is C15H22O3.